The molecule has 0 spiro atoms. The molecule has 3 heteroatoms. The second-order valence-electron chi connectivity index (χ2n) is 3.52. The Balaban J connectivity index is 3.32. The van der Waals surface area contributed by atoms with Crippen LogP contribution in [0.2, 0.25) is 0 Å². The van der Waals surface area contributed by atoms with Gasteiger partial charge in [0.1, 0.15) is 0 Å². The molecule has 0 unspecified atom stereocenters. The van der Waals surface area contributed by atoms with Crippen molar-refractivity contribution in [3.8, 4) is 0 Å². The van der Waals surface area contributed by atoms with Gasteiger partial charge in [-0.25, -0.2) is 8.78 Å². The van der Waals surface area contributed by atoms with Crippen molar-refractivity contribution in [3.05, 3.63) is 40.5 Å². The maximum atomic E-state index is 13.7. The van der Waals surface area contributed by atoms with Crippen LogP contribution in [0.3, 0.4) is 0 Å². The van der Waals surface area contributed by atoms with Crippen molar-refractivity contribution in [2.75, 3.05) is 6.61 Å². The first-order chi connectivity index (χ1) is 7.65. The Morgan fingerprint density at radius 3 is 2.38 bits per heavy atom. The van der Waals surface area contributed by atoms with Gasteiger partial charge in [0.15, 0.2) is 11.6 Å². The lowest BCUT2D eigenvalue weighted by atomic mass is 9.98. The lowest BCUT2D eigenvalue weighted by Crippen LogP contribution is -2.01. The standard InChI is InChI=1S/C13H16F2O/c1-3-9-8-10(6-5-7-16)12(14)13(15)11(9)4-2/h5-6,8,16H,3-4,7H2,1-2H3/b6-5+. The minimum absolute atomic E-state index is 0.182. The molecular weight excluding hydrogens is 210 g/mol. The summed E-state index contributed by atoms with van der Waals surface area (Å²) in [7, 11) is 0. The fourth-order valence-electron chi connectivity index (χ4n) is 1.74. The van der Waals surface area contributed by atoms with Gasteiger partial charge in [0, 0.05) is 5.56 Å². The van der Waals surface area contributed by atoms with Gasteiger partial charge in [-0.15, -0.1) is 0 Å². The molecule has 0 atom stereocenters. The summed E-state index contributed by atoms with van der Waals surface area (Å²) < 4.78 is 27.2. The Morgan fingerprint density at radius 1 is 1.19 bits per heavy atom. The van der Waals surface area contributed by atoms with Crippen molar-refractivity contribution in [1.82, 2.24) is 0 Å². The van der Waals surface area contributed by atoms with Crippen LogP contribution in [0.15, 0.2) is 12.1 Å². The average Bonchev–Trinajstić information content (AvgIpc) is 2.30. The molecule has 1 rings (SSSR count). The van der Waals surface area contributed by atoms with Crippen LogP contribution in [0.4, 0.5) is 8.78 Å². The monoisotopic (exact) mass is 226 g/mol. The Morgan fingerprint density at radius 2 is 1.88 bits per heavy atom. The largest absolute Gasteiger partial charge is 0.392 e. The second kappa shape index (κ2) is 5.75. The summed E-state index contributed by atoms with van der Waals surface area (Å²) in [6.45, 7) is 3.53. The van der Waals surface area contributed by atoms with E-state index in [9.17, 15) is 8.78 Å². The van der Waals surface area contributed by atoms with Crippen molar-refractivity contribution in [2.45, 2.75) is 26.7 Å². The molecule has 0 aliphatic rings. The summed E-state index contributed by atoms with van der Waals surface area (Å²) >= 11 is 0. The van der Waals surface area contributed by atoms with Crippen LogP contribution >= 0.6 is 0 Å². The summed E-state index contributed by atoms with van der Waals surface area (Å²) in [6, 6.07) is 1.64. The zero-order chi connectivity index (χ0) is 12.1. The van der Waals surface area contributed by atoms with Gasteiger partial charge in [-0.1, -0.05) is 26.0 Å². The molecule has 16 heavy (non-hydrogen) atoms. The van der Waals surface area contributed by atoms with Gasteiger partial charge in [-0.3, -0.25) is 0 Å². The van der Waals surface area contributed by atoms with E-state index in [1.54, 1.807) is 13.0 Å². The number of hydrogen-bond acceptors (Lipinski definition) is 1. The molecule has 1 aromatic rings. The summed E-state index contributed by atoms with van der Waals surface area (Å²) in [4.78, 5) is 0. The van der Waals surface area contributed by atoms with E-state index in [0.29, 0.717) is 18.4 Å². The molecule has 0 aliphatic heterocycles. The highest BCUT2D eigenvalue weighted by Gasteiger charge is 2.14. The molecule has 1 aromatic carbocycles. The van der Waals surface area contributed by atoms with E-state index >= 15 is 0 Å². The fourth-order valence-corrected chi connectivity index (χ4v) is 1.74. The molecule has 0 bridgehead atoms. The number of benzene rings is 1. The van der Waals surface area contributed by atoms with Crippen LogP contribution in [-0.4, -0.2) is 11.7 Å². The van der Waals surface area contributed by atoms with Gasteiger partial charge in [-0.2, -0.15) is 0 Å². The van der Waals surface area contributed by atoms with Crippen molar-refractivity contribution in [2.24, 2.45) is 0 Å². The summed E-state index contributed by atoms with van der Waals surface area (Å²) in [5.74, 6) is -1.60. The SMILES string of the molecule is CCc1cc(/C=C/CO)c(F)c(F)c1CC. The maximum absolute atomic E-state index is 13.7. The van der Waals surface area contributed by atoms with E-state index in [-0.39, 0.29) is 12.2 Å². The molecular formula is C13H16F2O. The van der Waals surface area contributed by atoms with Crippen molar-refractivity contribution < 1.29 is 13.9 Å². The lowest BCUT2D eigenvalue weighted by Gasteiger charge is -2.10. The molecule has 0 heterocycles. The molecule has 1 N–H and O–H groups in total. The van der Waals surface area contributed by atoms with Crippen LogP contribution < -0.4 is 0 Å². The Bertz CT molecular complexity index is 397. The highest BCUT2D eigenvalue weighted by atomic mass is 19.2. The van der Waals surface area contributed by atoms with Crippen LogP contribution in [0, 0.1) is 11.6 Å². The number of rotatable bonds is 4. The Hall–Kier alpha value is -1.22. The number of aliphatic hydroxyl groups excluding tert-OH is 1. The van der Waals surface area contributed by atoms with Crippen molar-refractivity contribution in [3.63, 3.8) is 0 Å². The molecule has 0 amide bonds. The third kappa shape index (κ3) is 2.47. The predicted octanol–water partition coefficient (Wildman–Crippen LogP) is 3.10. The van der Waals surface area contributed by atoms with Gasteiger partial charge >= 0.3 is 0 Å². The molecule has 0 aliphatic carbocycles. The van der Waals surface area contributed by atoms with E-state index < -0.39 is 11.6 Å². The second-order valence-corrected chi connectivity index (χ2v) is 3.52. The van der Waals surface area contributed by atoms with Gasteiger partial charge in [0.2, 0.25) is 0 Å². The lowest BCUT2D eigenvalue weighted by molar-refractivity contribution is 0.343. The van der Waals surface area contributed by atoms with Crippen LogP contribution in [0.5, 0.6) is 0 Å². The van der Waals surface area contributed by atoms with E-state index in [1.807, 2.05) is 6.92 Å². The van der Waals surface area contributed by atoms with E-state index in [1.165, 1.54) is 12.2 Å². The zero-order valence-corrected chi connectivity index (χ0v) is 9.56. The predicted molar refractivity (Wildman–Crippen MR) is 61.2 cm³/mol. The summed E-state index contributed by atoms with van der Waals surface area (Å²) in [6.07, 6.45) is 3.94. The van der Waals surface area contributed by atoms with Crippen molar-refractivity contribution in [1.29, 1.82) is 0 Å². The molecule has 88 valence electrons. The first kappa shape index (κ1) is 12.8. The third-order valence-corrected chi connectivity index (χ3v) is 2.57. The first-order valence-electron chi connectivity index (χ1n) is 5.42. The zero-order valence-electron chi connectivity index (χ0n) is 9.56. The average molecular weight is 226 g/mol. The molecule has 0 saturated carbocycles. The molecule has 0 saturated heterocycles. The molecule has 0 fully saturated rings. The van der Waals surface area contributed by atoms with Gasteiger partial charge in [0.05, 0.1) is 6.61 Å². The van der Waals surface area contributed by atoms with Gasteiger partial charge in [-0.05, 0) is 30.0 Å². The summed E-state index contributed by atoms with van der Waals surface area (Å²) in [5, 5.41) is 8.61. The quantitative estimate of drug-likeness (QED) is 0.836. The van der Waals surface area contributed by atoms with Crippen molar-refractivity contribution >= 4 is 6.08 Å². The topological polar surface area (TPSA) is 20.2 Å². The number of hydrogen-bond donors (Lipinski definition) is 1. The van der Waals surface area contributed by atoms with Crippen LogP contribution in [0.25, 0.3) is 6.08 Å². The smallest absolute Gasteiger partial charge is 0.166 e. The van der Waals surface area contributed by atoms with E-state index in [2.05, 4.69) is 0 Å². The highest BCUT2D eigenvalue weighted by Crippen LogP contribution is 2.23. The van der Waals surface area contributed by atoms with Gasteiger partial charge < -0.3 is 5.11 Å². The number of halogens is 2. The number of aryl methyl sites for hydroxylation is 1. The normalized spacial score (nSPS) is 11.3. The molecule has 0 radical (unpaired) electrons. The fraction of sp³-hybridized carbons (Fsp3) is 0.385. The van der Waals surface area contributed by atoms with E-state index in [4.69, 9.17) is 5.11 Å². The Kier molecular flexibility index (Phi) is 4.62. The minimum Gasteiger partial charge on any atom is -0.392 e. The number of aliphatic hydroxyl groups is 1. The van der Waals surface area contributed by atoms with Crippen LogP contribution in [-0.2, 0) is 12.8 Å². The minimum atomic E-state index is -0.834. The molecule has 1 nitrogen and oxygen atoms in total. The van der Waals surface area contributed by atoms with Gasteiger partial charge in [0.25, 0.3) is 0 Å². The highest BCUT2D eigenvalue weighted by molar-refractivity contribution is 5.53. The summed E-state index contributed by atoms with van der Waals surface area (Å²) in [5.41, 5.74) is 1.46. The molecule has 0 aromatic heterocycles. The Labute approximate surface area is 94.4 Å². The maximum Gasteiger partial charge on any atom is 0.166 e. The first-order valence-corrected chi connectivity index (χ1v) is 5.42. The van der Waals surface area contributed by atoms with Crippen LogP contribution in [0.1, 0.15) is 30.5 Å². The third-order valence-electron chi connectivity index (χ3n) is 2.57. The van der Waals surface area contributed by atoms with E-state index in [0.717, 1.165) is 5.56 Å².